The van der Waals surface area contributed by atoms with Crippen molar-refractivity contribution in [2.45, 2.75) is 32.2 Å². The summed E-state index contributed by atoms with van der Waals surface area (Å²) in [7, 11) is 0. The highest BCUT2D eigenvalue weighted by Crippen LogP contribution is 2.31. The fourth-order valence-corrected chi connectivity index (χ4v) is 2.32. The van der Waals surface area contributed by atoms with Crippen molar-refractivity contribution in [3.05, 3.63) is 29.8 Å². The molecule has 0 spiro atoms. The number of fused-ring (bicyclic) bond motifs is 1. The van der Waals surface area contributed by atoms with Crippen molar-refractivity contribution in [2.75, 3.05) is 11.4 Å². The van der Waals surface area contributed by atoms with Crippen LogP contribution in [0, 0.1) is 12.3 Å². The predicted molar refractivity (Wildman–Crippen MR) is 65.0 cm³/mol. The van der Waals surface area contributed by atoms with Crippen LogP contribution in [0.2, 0.25) is 0 Å². The predicted octanol–water partition coefficient (Wildman–Crippen LogP) is 2.85. The van der Waals surface area contributed by atoms with Crippen LogP contribution in [0.4, 0.5) is 5.69 Å². The zero-order valence-electron chi connectivity index (χ0n) is 9.24. The number of unbranched alkanes of at least 4 members (excludes halogenated alkanes) is 1. The van der Waals surface area contributed by atoms with Gasteiger partial charge in [0.2, 0.25) is 0 Å². The summed E-state index contributed by atoms with van der Waals surface area (Å²) in [6, 6.07) is 9.31. The van der Waals surface area contributed by atoms with Gasteiger partial charge < -0.3 is 4.90 Å². The Morgan fingerprint density at radius 2 is 2.27 bits per heavy atom. The number of hydrogen-bond acceptors (Lipinski definition) is 1. The second-order valence-corrected chi connectivity index (χ2v) is 4.18. The SMILES string of the molecule is C#CCCCN1c2ccccc2CC1C. The fourth-order valence-electron chi connectivity index (χ4n) is 2.32. The van der Waals surface area contributed by atoms with Crippen molar-refractivity contribution in [1.82, 2.24) is 0 Å². The molecule has 0 saturated carbocycles. The Balaban J connectivity index is 2.09. The van der Waals surface area contributed by atoms with E-state index in [1.54, 1.807) is 0 Å². The Morgan fingerprint density at radius 3 is 3.07 bits per heavy atom. The van der Waals surface area contributed by atoms with Gasteiger partial charge in [0.15, 0.2) is 0 Å². The van der Waals surface area contributed by atoms with Crippen LogP contribution < -0.4 is 4.90 Å². The highest BCUT2D eigenvalue weighted by molar-refractivity contribution is 5.59. The van der Waals surface area contributed by atoms with Crippen LogP contribution >= 0.6 is 0 Å². The maximum absolute atomic E-state index is 5.27. The lowest BCUT2D eigenvalue weighted by molar-refractivity contribution is 0.653. The molecule has 0 amide bonds. The number of rotatable bonds is 3. The summed E-state index contributed by atoms with van der Waals surface area (Å²) in [4.78, 5) is 2.48. The topological polar surface area (TPSA) is 3.24 Å². The first-order chi connectivity index (χ1) is 7.33. The zero-order chi connectivity index (χ0) is 10.7. The molecule has 0 N–H and O–H groups in total. The second kappa shape index (κ2) is 4.40. The maximum atomic E-state index is 5.27. The molecule has 15 heavy (non-hydrogen) atoms. The average Bonchev–Trinajstić information content (AvgIpc) is 2.56. The lowest BCUT2D eigenvalue weighted by atomic mass is 10.1. The smallest absolute Gasteiger partial charge is 0.0402 e. The van der Waals surface area contributed by atoms with E-state index in [9.17, 15) is 0 Å². The first-order valence-electron chi connectivity index (χ1n) is 5.61. The second-order valence-electron chi connectivity index (χ2n) is 4.18. The van der Waals surface area contributed by atoms with E-state index in [1.807, 2.05) is 0 Å². The van der Waals surface area contributed by atoms with E-state index in [1.165, 1.54) is 17.7 Å². The molecular weight excluding hydrogens is 182 g/mol. The third-order valence-electron chi connectivity index (χ3n) is 3.07. The van der Waals surface area contributed by atoms with Gasteiger partial charge in [-0.05, 0) is 31.4 Å². The summed E-state index contributed by atoms with van der Waals surface area (Å²) in [6.45, 7) is 3.37. The molecule has 1 aromatic rings. The number of terminal acetylenes is 1. The molecule has 2 rings (SSSR count). The minimum Gasteiger partial charge on any atom is -0.368 e. The highest BCUT2D eigenvalue weighted by Gasteiger charge is 2.24. The fraction of sp³-hybridized carbons (Fsp3) is 0.429. The highest BCUT2D eigenvalue weighted by atomic mass is 15.2. The molecule has 0 fully saturated rings. The van der Waals surface area contributed by atoms with E-state index >= 15 is 0 Å². The Bertz CT molecular complexity index is 375. The van der Waals surface area contributed by atoms with Crippen molar-refractivity contribution in [3.63, 3.8) is 0 Å². The van der Waals surface area contributed by atoms with Crippen LogP contribution in [0.1, 0.15) is 25.3 Å². The quantitative estimate of drug-likeness (QED) is 0.534. The Morgan fingerprint density at radius 1 is 1.47 bits per heavy atom. The van der Waals surface area contributed by atoms with Crippen molar-refractivity contribution >= 4 is 5.69 Å². The van der Waals surface area contributed by atoms with Crippen LogP contribution in [0.25, 0.3) is 0 Å². The molecule has 0 bridgehead atoms. The van der Waals surface area contributed by atoms with Gasteiger partial charge in [-0.2, -0.15) is 0 Å². The normalized spacial score (nSPS) is 18.7. The van der Waals surface area contributed by atoms with Crippen LogP contribution in [-0.2, 0) is 6.42 Å². The average molecular weight is 199 g/mol. The standard InChI is InChI=1S/C14H17N/c1-3-4-7-10-15-12(2)11-13-8-5-6-9-14(13)15/h1,5-6,8-9,12H,4,7,10-11H2,2H3. The van der Waals surface area contributed by atoms with Gasteiger partial charge >= 0.3 is 0 Å². The van der Waals surface area contributed by atoms with Gasteiger partial charge in [0.1, 0.15) is 0 Å². The molecule has 78 valence electrons. The molecule has 1 unspecified atom stereocenters. The lowest BCUT2D eigenvalue weighted by Gasteiger charge is -2.24. The Kier molecular flexibility index (Phi) is 2.97. The van der Waals surface area contributed by atoms with Crippen molar-refractivity contribution in [3.8, 4) is 12.3 Å². The Hall–Kier alpha value is -1.42. The number of benzene rings is 1. The summed E-state index contributed by atoms with van der Waals surface area (Å²) in [5.41, 5.74) is 2.88. The molecule has 0 radical (unpaired) electrons. The Labute approximate surface area is 92.1 Å². The van der Waals surface area contributed by atoms with Crippen LogP contribution in [0.3, 0.4) is 0 Å². The number of anilines is 1. The summed E-state index contributed by atoms with van der Waals surface area (Å²) < 4.78 is 0. The van der Waals surface area contributed by atoms with E-state index in [2.05, 4.69) is 42.0 Å². The van der Waals surface area contributed by atoms with Gasteiger partial charge in [0.25, 0.3) is 0 Å². The summed E-state index contributed by atoms with van der Waals surface area (Å²) in [5.74, 6) is 2.70. The third kappa shape index (κ3) is 1.99. The number of hydrogen-bond donors (Lipinski definition) is 0. The molecule has 0 aliphatic carbocycles. The summed E-state index contributed by atoms with van der Waals surface area (Å²) in [6.07, 6.45) is 8.42. The molecular formula is C14H17N. The van der Waals surface area contributed by atoms with Crippen LogP contribution in [-0.4, -0.2) is 12.6 Å². The molecule has 0 aromatic heterocycles. The number of nitrogens with zero attached hydrogens (tertiary/aromatic N) is 1. The minimum atomic E-state index is 0.625. The molecule has 0 saturated heterocycles. The van der Waals surface area contributed by atoms with Crippen molar-refractivity contribution in [1.29, 1.82) is 0 Å². The van der Waals surface area contributed by atoms with Gasteiger partial charge in [0.05, 0.1) is 0 Å². The maximum Gasteiger partial charge on any atom is 0.0402 e. The first-order valence-corrected chi connectivity index (χ1v) is 5.61. The molecule has 1 aliphatic rings. The van der Waals surface area contributed by atoms with E-state index in [0.717, 1.165) is 19.4 Å². The molecule has 1 aliphatic heterocycles. The monoisotopic (exact) mass is 199 g/mol. The lowest BCUT2D eigenvalue weighted by Crippen LogP contribution is -2.30. The zero-order valence-corrected chi connectivity index (χ0v) is 9.24. The van der Waals surface area contributed by atoms with Gasteiger partial charge in [-0.25, -0.2) is 0 Å². The van der Waals surface area contributed by atoms with Gasteiger partial charge in [-0.15, -0.1) is 12.3 Å². The minimum absolute atomic E-state index is 0.625. The largest absolute Gasteiger partial charge is 0.368 e. The van der Waals surface area contributed by atoms with E-state index < -0.39 is 0 Å². The molecule has 1 heterocycles. The summed E-state index contributed by atoms with van der Waals surface area (Å²) in [5, 5.41) is 0. The van der Waals surface area contributed by atoms with Crippen molar-refractivity contribution < 1.29 is 0 Å². The van der Waals surface area contributed by atoms with Crippen LogP contribution in [0.5, 0.6) is 0 Å². The number of para-hydroxylation sites is 1. The third-order valence-corrected chi connectivity index (χ3v) is 3.07. The molecule has 1 nitrogen and oxygen atoms in total. The first kappa shape index (κ1) is 10.1. The molecule has 1 heteroatoms. The van der Waals surface area contributed by atoms with E-state index in [0.29, 0.717) is 6.04 Å². The van der Waals surface area contributed by atoms with E-state index in [4.69, 9.17) is 6.42 Å². The summed E-state index contributed by atoms with van der Waals surface area (Å²) >= 11 is 0. The molecule has 1 atom stereocenters. The molecule has 1 aromatic carbocycles. The van der Waals surface area contributed by atoms with E-state index in [-0.39, 0.29) is 0 Å². The van der Waals surface area contributed by atoms with Gasteiger partial charge in [-0.3, -0.25) is 0 Å². The van der Waals surface area contributed by atoms with Crippen molar-refractivity contribution in [2.24, 2.45) is 0 Å². The van der Waals surface area contributed by atoms with Gasteiger partial charge in [-0.1, -0.05) is 18.2 Å². The van der Waals surface area contributed by atoms with Gasteiger partial charge in [0, 0.05) is 24.7 Å². The van der Waals surface area contributed by atoms with Crippen LogP contribution in [0.15, 0.2) is 24.3 Å².